The number of hydrogen-bond donors (Lipinski definition) is 2. The second-order valence-corrected chi connectivity index (χ2v) is 7.68. The van der Waals surface area contributed by atoms with Crippen molar-refractivity contribution in [2.75, 3.05) is 33.2 Å². The molecular formula is C21H37IN4O. The molecule has 0 aliphatic carbocycles. The van der Waals surface area contributed by atoms with Gasteiger partial charge < -0.3 is 20.3 Å². The maximum absolute atomic E-state index is 5.97. The molecular weight excluding hydrogens is 451 g/mol. The van der Waals surface area contributed by atoms with Crippen LogP contribution in [0, 0.1) is 12.8 Å². The summed E-state index contributed by atoms with van der Waals surface area (Å²) < 4.78 is 5.97. The maximum atomic E-state index is 5.97. The van der Waals surface area contributed by atoms with E-state index in [2.05, 4.69) is 60.4 Å². The quantitative estimate of drug-likeness (QED) is 0.350. The van der Waals surface area contributed by atoms with E-state index in [9.17, 15) is 0 Å². The van der Waals surface area contributed by atoms with E-state index < -0.39 is 0 Å². The van der Waals surface area contributed by atoms with Crippen molar-refractivity contribution in [1.82, 2.24) is 15.5 Å². The van der Waals surface area contributed by atoms with Gasteiger partial charge in [0.15, 0.2) is 5.96 Å². The molecule has 1 fully saturated rings. The molecule has 1 heterocycles. The van der Waals surface area contributed by atoms with Crippen molar-refractivity contribution in [1.29, 1.82) is 0 Å². The number of hydrogen-bond acceptors (Lipinski definition) is 3. The van der Waals surface area contributed by atoms with Crippen LogP contribution < -0.4 is 15.4 Å². The Morgan fingerprint density at radius 1 is 1.30 bits per heavy atom. The molecule has 5 nitrogen and oxygen atoms in total. The molecule has 1 saturated heterocycles. The number of benzene rings is 1. The Hall–Kier alpha value is -1.02. The van der Waals surface area contributed by atoms with E-state index >= 15 is 0 Å². The lowest BCUT2D eigenvalue weighted by Gasteiger charge is -2.35. The van der Waals surface area contributed by atoms with Crippen LogP contribution in [-0.4, -0.2) is 56.2 Å². The summed E-state index contributed by atoms with van der Waals surface area (Å²) in [5.41, 5.74) is 1.21. The number of likely N-dealkylation sites (tertiary alicyclic amines) is 1. The average molecular weight is 488 g/mol. The average Bonchev–Trinajstić information content (AvgIpc) is 2.62. The summed E-state index contributed by atoms with van der Waals surface area (Å²) in [6, 6.07) is 8.80. The van der Waals surface area contributed by atoms with E-state index in [0.29, 0.717) is 12.0 Å². The highest BCUT2D eigenvalue weighted by Gasteiger charge is 2.21. The number of piperidine rings is 1. The van der Waals surface area contributed by atoms with Crippen molar-refractivity contribution in [2.24, 2.45) is 10.9 Å². The first-order valence-corrected chi connectivity index (χ1v) is 9.89. The van der Waals surface area contributed by atoms with Gasteiger partial charge in [-0.05, 0) is 70.7 Å². The van der Waals surface area contributed by atoms with Crippen LogP contribution in [0.15, 0.2) is 29.3 Å². The summed E-state index contributed by atoms with van der Waals surface area (Å²) in [6.07, 6.45) is 2.65. The predicted molar refractivity (Wildman–Crippen MR) is 125 cm³/mol. The monoisotopic (exact) mass is 488 g/mol. The van der Waals surface area contributed by atoms with Gasteiger partial charge in [0, 0.05) is 26.2 Å². The van der Waals surface area contributed by atoms with Gasteiger partial charge in [0.05, 0.1) is 6.54 Å². The molecule has 0 aromatic heterocycles. The molecule has 0 spiro atoms. The van der Waals surface area contributed by atoms with E-state index in [0.717, 1.165) is 24.8 Å². The Balaban J connectivity index is 0.00000364. The summed E-state index contributed by atoms with van der Waals surface area (Å²) in [5.74, 6) is 2.45. The Morgan fingerprint density at radius 3 is 2.74 bits per heavy atom. The largest absolute Gasteiger partial charge is 0.489 e. The molecule has 0 radical (unpaired) electrons. The molecule has 1 aliphatic heterocycles. The number of nitrogens with zero attached hydrogens (tertiary/aromatic N) is 2. The van der Waals surface area contributed by atoms with Crippen molar-refractivity contribution in [3.8, 4) is 5.75 Å². The van der Waals surface area contributed by atoms with Crippen LogP contribution >= 0.6 is 24.0 Å². The number of aliphatic imine (C=N–C) groups is 1. The summed E-state index contributed by atoms with van der Waals surface area (Å²) in [4.78, 5) is 6.92. The first-order valence-electron chi connectivity index (χ1n) is 9.89. The molecule has 6 heteroatoms. The zero-order chi connectivity index (χ0) is 18.9. The van der Waals surface area contributed by atoms with E-state index in [4.69, 9.17) is 4.74 Å². The topological polar surface area (TPSA) is 48.9 Å². The summed E-state index contributed by atoms with van der Waals surface area (Å²) in [7, 11) is 1.82. The molecule has 1 aromatic rings. The van der Waals surface area contributed by atoms with Gasteiger partial charge in [-0.15, -0.1) is 24.0 Å². The Labute approximate surface area is 182 Å². The lowest BCUT2D eigenvalue weighted by Crippen LogP contribution is -2.47. The van der Waals surface area contributed by atoms with Gasteiger partial charge in [0.25, 0.3) is 0 Å². The van der Waals surface area contributed by atoms with Crippen LogP contribution in [-0.2, 0) is 0 Å². The lowest BCUT2D eigenvalue weighted by atomic mass is 9.97. The normalized spacial score (nSPS) is 19.3. The highest BCUT2D eigenvalue weighted by Crippen LogP contribution is 2.17. The smallest absolute Gasteiger partial charge is 0.191 e. The number of ether oxygens (including phenoxy) is 1. The summed E-state index contributed by atoms with van der Waals surface area (Å²) in [5, 5.41) is 6.86. The van der Waals surface area contributed by atoms with Crippen LogP contribution in [0.5, 0.6) is 5.75 Å². The third-order valence-electron chi connectivity index (χ3n) is 4.95. The number of aryl methyl sites for hydroxylation is 1. The highest BCUT2D eigenvalue weighted by atomic mass is 127. The first kappa shape index (κ1) is 24.0. The molecule has 0 amide bonds. The number of guanidine groups is 1. The minimum Gasteiger partial charge on any atom is -0.489 e. The van der Waals surface area contributed by atoms with E-state index in [1.807, 2.05) is 19.2 Å². The molecule has 2 atom stereocenters. The van der Waals surface area contributed by atoms with E-state index in [1.165, 1.54) is 31.5 Å². The lowest BCUT2D eigenvalue weighted by molar-refractivity contribution is 0.141. The summed E-state index contributed by atoms with van der Waals surface area (Å²) >= 11 is 0. The third-order valence-corrected chi connectivity index (χ3v) is 4.95. The second-order valence-electron chi connectivity index (χ2n) is 7.68. The maximum Gasteiger partial charge on any atom is 0.191 e. The molecule has 27 heavy (non-hydrogen) atoms. The van der Waals surface area contributed by atoms with Gasteiger partial charge in [-0.25, -0.2) is 0 Å². The zero-order valence-corrected chi connectivity index (χ0v) is 19.8. The molecule has 0 saturated carbocycles. The standard InChI is InChI=1S/C21H36N4O.HI/c1-16(2)25-11-7-9-19(15-25)14-24-21(22-5)23-13-18(4)26-20-10-6-8-17(3)12-20;/h6,8,10,12,16,18-19H,7,9,11,13-15H2,1-5H3,(H2,22,23,24);1H. The molecule has 2 N–H and O–H groups in total. The van der Waals surface area contributed by atoms with Crippen molar-refractivity contribution >= 4 is 29.9 Å². The van der Waals surface area contributed by atoms with Crippen molar-refractivity contribution in [3.63, 3.8) is 0 Å². The van der Waals surface area contributed by atoms with Gasteiger partial charge in [0.2, 0.25) is 0 Å². The van der Waals surface area contributed by atoms with Crippen LogP contribution in [0.1, 0.15) is 39.2 Å². The van der Waals surface area contributed by atoms with Gasteiger partial charge in [-0.2, -0.15) is 0 Å². The van der Waals surface area contributed by atoms with Crippen LogP contribution in [0.3, 0.4) is 0 Å². The van der Waals surface area contributed by atoms with E-state index in [-0.39, 0.29) is 30.1 Å². The third kappa shape index (κ3) is 8.68. The van der Waals surface area contributed by atoms with Gasteiger partial charge in [0.1, 0.15) is 11.9 Å². The van der Waals surface area contributed by atoms with Gasteiger partial charge in [-0.1, -0.05) is 12.1 Å². The fourth-order valence-corrected chi connectivity index (χ4v) is 3.40. The van der Waals surface area contributed by atoms with Crippen LogP contribution in [0.4, 0.5) is 0 Å². The number of halogens is 1. The minimum absolute atomic E-state index is 0. The number of rotatable bonds is 7. The van der Waals surface area contributed by atoms with Gasteiger partial charge in [-0.3, -0.25) is 4.99 Å². The highest BCUT2D eigenvalue weighted by molar-refractivity contribution is 14.0. The molecule has 2 unspecified atom stereocenters. The Morgan fingerprint density at radius 2 is 2.07 bits per heavy atom. The first-order chi connectivity index (χ1) is 12.5. The predicted octanol–water partition coefficient (Wildman–Crippen LogP) is 3.67. The van der Waals surface area contributed by atoms with E-state index in [1.54, 1.807) is 0 Å². The fraction of sp³-hybridized carbons (Fsp3) is 0.667. The van der Waals surface area contributed by atoms with Crippen LogP contribution in [0.2, 0.25) is 0 Å². The molecule has 1 aromatic carbocycles. The van der Waals surface area contributed by atoms with Gasteiger partial charge >= 0.3 is 0 Å². The Kier molecular flexibility index (Phi) is 11.1. The molecule has 0 bridgehead atoms. The van der Waals surface area contributed by atoms with Crippen molar-refractivity contribution in [3.05, 3.63) is 29.8 Å². The molecule has 154 valence electrons. The zero-order valence-electron chi connectivity index (χ0n) is 17.5. The molecule has 1 aliphatic rings. The SMILES string of the molecule is CN=C(NCC1CCCN(C(C)C)C1)NCC(C)Oc1cccc(C)c1.I. The number of nitrogens with one attached hydrogen (secondary N) is 2. The Bertz CT molecular complexity index is 579. The fourth-order valence-electron chi connectivity index (χ4n) is 3.40. The minimum atomic E-state index is 0. The van der Waals surface area contributed by atoms with Crippen molar-refractivity contribution in [2.45, 2.75) is 52.7 Å². The second kappa shape index (κ2) is 12.4. The van der Waals surface area contributed by atoms with Crippen molar-refractivity contribution < 1.29 is 4.74 Å². The van der Waals surface area contributed by atoms with Crippen LogP contribution in [0.25, 0.3) is 0 Å². The molecule has 2 rings (SSSR count). The summed E-state index contributed by atoms with van der Waals surface area (Å²) in [6.45, 7) is 12.8.